The lowest BCUT2D eigenvalue weighted by Crippen LogP contribution is -2.34. The smallest absolute Gasteiger partial charge is 0.319 e. The fourth-order valence-electron chi connectivity index (χ4n) is 2.47. The van der Waals surface area contributed by atoms with Crippen molar-refractivity contribution in [1.82, 2.24) is 4.90 Å². The van der Waals surface area contributed by atoms with Gasteiger partial charge in [-0.3, -0.25) is 14.5 Å². The molecule has 0 spiro atoms. The number of aryl methyl sites for hydroxylation is 2. The third-order valence-electron chi connectivity index (χ3n) is 3.71. The molecule has 2 rings (SSSR count). The molecular formula is C19H32N2O3. The maximum atomic E-state index is 10.8. The van der Waals surface area contributed by atoms with Gasteiger partial charge in [0.2, 0.25) is 6.41 Å². The number of methoxy groups -OCH3 is 1. The molecule has 0 saturated carbocycles. The molecule has 0 radical (unpaired) electrons. The first kappa shape index (κ1) is 22.1. The number of esters is 1. The highest BCUT2D eigenvalue weighted by Gasteiger charge is 2.13. The number of amides is 1. The molecule has 0 aliphatic carbocycles. The van der Waals surface area contributed by atoms with Gasteiger partial charge in [0, 0.05) is 5.69 Å². The van der Waals surface area contributed by atoms with Crippen LogP contribution in [0.5, 0.6) is 0 Å². The fourth-order valence-corrected chi connectivity index (χ4v) is 2.47. The summed E-state index contributed by atoms with van der Waals surface area (Å²) in [5.41, 5.74) is 3.11. The number of likely N-dealkylation sites (tertiary alicyclic amines) is 1. The van der Waals surface area contributed by atoms with Crippen LogP contribution in [0.15, 0.2) is 18.2 Å². The molecule has 1 N–H and O–H groups in total. The molecule has 1 aromatic rings. The van der Waals surface area contributed by atoms with Gasteiger partial charge >= 0.3 is 5.97 Å². The molecule has 136 valence electrons. The molecule has 1 aliphatic rings. The Morgan fingerprint density at radius 3 is 2.17 bits per heavy atom. The van der Waals surface area contributed by atoms with E-state index in [1.807, 2.05) is 45.9 Å². The second-order valence-electron chi connectivity index (χ2n) is 5.44. The lowest BCUT2D eigenvalue weighted by Gasteiger charge is -2.24. The molecule has 1 fully saturated rings. The molecule has 1 saturated heterocycles. The van der Waals surface area contributed by atoms with Crippen LogP contribution in [-0.2, 0) is 14.3 Å². The van der Waals surface area contributed by atoms with E-state index in [1.165, 1.54) is 26.4 Å². The van der Waals surface area contributed by atoms with Crippen molar-refractivity contribution in [1.29, 1.82) is 0 Å². The number of para-hydroxylation sites is 1. The van der Waals surface area contributed by atoms with Gasteiger partial charge in [-0.15, -0.1) is 0 Å². The van der Waals surface area contributed by atoms with Crippen molar-refractivity contribution in [3.05, 3.63) is 29.3 Å². The van der Waals surface area contributed by atoms with E-state index in [4.69, 9.17) is 0 Å². The number of rotatable bonds is 4. The number of hydrogen-bond acceptors (Lipinski definition) is 4. The average molecular weight is 336 g/mol. The van der Waals surface area contributed by atoms with Crippen molar-refractivity contribution in [2.75, 3.05) is 32.1 Å². The quantitative estimate of drug-likeness (QED) is 0.675. The molecule has 1 amide bonds. The van der Waals surface area contributed by atoms with Crippen molar-refractivity contribution in [3.8, 4) is 0 Å². The number of nitrogens with zero attached hydrogens (tertiary/aromatic N) is 1. The number of hydrogen-bond donors (Lipinski definition) is 1. The van der Waals surface area contributed by atoms with E-state index in [-0.39, 0.29) is 5.97 Å². The van der Waals surface area contributed by atoms with Crippen LogP contribution in [0.3, 0.4) is 0 Å². The first-order valence-corrected chi connectivity index (χ1v) is 8.64. The Bertz CT molecular complexity index is 463. The standard InChI is InChI=1S/C9H11NO.C8H15NO2.C2H6/c1-7-4-3-5-8(2)9(7)10-6-11;1-11-8(10)7-9-5-3-2-4-6-9;1-2/h3-6H,1-2H3,(H,10,11);2-7H2,1H3;1-2H3. The molecule has 0 aromatic heterocycles. The van der Waals surface area contributed by atoms with E-state index in [0.717, 1.165) is 29.9 Å². The number of anilines is 1. The normalized spacial score (nSPS) is 13.5. The number of benzene rings is 1. The highest BCUT2D eigenvalue weighted by Crippen LogP contribution is 2.17. The zero-order valence-electron chi connectivity index (χ0n) is 15.7. The molecule has 0 unspecified atom stereocenters. The average Bonchev–Trinajstić information content (AvgIpc) is 2.61. The summed E-state index contributed by atoms with van der Waals surface area (Å²) < 4.78 is 4.57. The molecule has 0 bridgehead atoms. The number of nitrogens with one attached hydrogen (secondary N) is 1. The molecule has 5 heteroatoms. The molecule has 5 nitrogen and oxygen atoms in total. The van der Waals surface area contributed by atoms with Gasteiger partial charge in [0.05, 0.1) is 13.7 Å². The van der Waals surface area contributed by atoms with Gasteiger partial charge in [-0.25, -0.2) is 0 Å². The van der Waals surface area contributed by atoms with Crippen molar-refractivity contribution in [3.63, 3.8) is 0 Å². The Hall–Kier alpha value is -1.88. The van der Waals surface area contributed by atoms with Gasteiger partial charge < -0.3 is 10.1 Å². The first-order valence-electron chi connectivity index (χ1n) is 8.64. The third-order valence-corrected chi connectivity index (χ3v) is 3.71. The monoisotopic (exact) mass is 336 g/mol. The predicted molar refractivity (Wildman–Crippen MR) is 99.3 cm³/mol. The fraction of sp³-hybridized carbons (Fsp3) is 0.579. The Morgan fingerprint density at radius 2 is 1.71 bits per heavy atom. The summed E-state index contributed by atoms with van der Waals surface area (Å²) in [5.74, 6) is -0.119. The summed E-state index contributed by atoms with van der Waals surface area (Å²) in [6.07, 6.45) is 4.45. The van der Waals surface area contributed by atoms with E-state index in [1.54, 1.807) is 0 Å². The van der Waals surface area contributed by atoms with Gasteiger partial charge in [-0.2, -0.15) is 0 Å². The molecule has 24 heavy (non-hydrogen) atoms. The van der Waals surface area contributed by atoms with E-state index in [0.29, 0.717) is 13.0 Å². The molecule has 1 heterocycles. The summed E-state index contributed by atoms with van der Waals surface area (Å²) in [6.45, 7) is 10.5. The number of ether oxygens (including phenoxy) is 1. The number of piperidine rings is 1. The predicted octanol–water partition coefficient (Wildman–Crippen LogP) is 3.54. The minimum absolute atomic E-state index is 0.119. The van der Waals surface area contributed by atoms with Gasteiger partial charge in [0.15, 0.2) is 0 Å². The Labute approximate surface area is 146 Å². The van der Waals surface area contributed by atoms with E-state index >= 15 is 0 Å². The van der Waals surface area contributed by atoms with E-state index in [2.05, 4.69) is 15.0 Å². The SMILES string of the molecule is CC.COC(=O)CN1CCCCC1.Cc1cccc(C)c1NC=O. The maximum absolute atomic E-state index is 10.8. The van der Waals surface area contributed by atoms with Crippen LogP contribution in [0.25, 0.3) is 0 Å². The zero-order chi connectivity index (χ0) is 18.4. The Kier molecular flexibility index (Phi) is 12.5. The lowest BCUT2D eigenvalue weighted by molar-refractivity contribution is -0.142. The van der Waals surface area contributed by atoms with Crippen LogP contribution < -0.4 is 5.32 Å². The zero-order valence-corrected chi connectivity index (χ0v) is 15.7. The molecule has 1 aromatic carbocycles. The van der Waals surface area contributed by atoms with Crippen LogP contribution in [-0.4, -0.2) is 44.0 Å². The van der Waals surface area contributed by atoms with Crippen molar-refractivity contribution in [2.24, 2.45) is 0 Å². The Balaban J connectivity index is 0.000000400. The van der Waals surface area contributed by atoms with Crippen LogP contribution in [0.2, 0.25) is 0 Å². The minimum atomic E-state index is -0.119. The lowest BCUT2D eigenvalue weighted by atomic mass is 10.1. The second kappa shape index (κ2) is 13.5. The van der Waals surface area contributed by atoms with Crippen molar-refractivity contribution >= 4 is 18.1 Å². The van der Waals surface area contributed by atoms with Gasteiger partial charge in [-0.05, 0) is 50.9 Å². The Morgan fingerprint density at radius 1 is 1.17 bits per heavy atom. The highest BCUT2D eigenvalue weighted by molar-refractivity contribution is 5.75. The highest BCUT2D eigenvalue weighted by atomic mass is 16.5. The summed E-state index contributed by atoms with van der Waals surface area (Å²) >= 11 is 0. The van der Waals surface area contributed by atoms with Gasteiger partial charge in [0.1, 0.15) is 0 Å². The molecule has 0 atom stereocenters. The number of carbonyl (C=O) groups is 2. The van der Waals surface area contributed by atoms with E-state index in [9.17, 15) is 9.59 Å². The summed E-state index contributed by atoms with van der Waals surface area (Å²) in [4.78, 5) is 23.1. The van der Waals surface area contributed by atoms with Crippen LogP contribution in [0.1, 0.15) is 44.2 Å². The largest absolute Gasteiger partial charge is 0.468 e. The van der Waals surface area contributed by atoms with Crippen molar-refractivity contribution in [2.45, 2.75) is 47.0 Å². The molecular weight excluding hydrogens is 304 g/mol. The second-order valence-corrected chi connectivity index (χ2v) is 5.44. The van der Waals surface area contributed by atoms with E-state index < -0.39 is 0 Å². The summed E-state index contributed by atoms with van der Waals surface area (Å²) in [7, 11) is 1.44. The topological polar surface area (TPSA) is 58.6 Å². The number of carbonyl (C=O) groups excluding carboxylic acids is 2. The third kappa shape index (κ3) is 8.67. The summed E-state index contributed by atoms with van der Waals surface area (Å²) in [5, 5.41) is 2.66. The van der Waals surface area contributed by atoms with Crippen LogP contribution in [0, 0.1) is 13.8 Å². The summed E-state index contributed by atoms with van der Waals surface area (Å²) in [6, 6.07) is 5.91. The minimum Gasteiger partial charge on any atom is -0.468 e. The van der Waals surface area contributed by atoms with Gasteiger partial charge in [-0.1, -0.05) is 38.5 Å². The maximum Gasteiger partial charge on any atom is 0.319 e. The van der Waals surface area contributed by atoms with Crippen LogP contribution >= 0.6 is 0 Å². The van der Waals surface area contributed by atoms with Crippen molar-refractivity contribution < 1.29 is 14.3 Å². The first-order chi connectivity index (χ1) is 11.6. The van der Waals surface area contributed by atoms with Crippen LogP contribution in [0.4, 0.5) is 5.69 Å². The van der Waals surface area contributed by atoms with Gasteiger partial charge in [0.25, 0.3) is 0 Å². The molecule has 1 aliphatic heterocycles.